The number of rotatable bonds is 3. The SMILES string of the molecule is CN=CC(=O)OC1(OC(C)=O)CCCCC1(N)N. The molecule has 1 saturated carbocycles. The van der Waals surface area contributed by atoms with Gasteiger partial charge in [-0.25, -0.2) is 4.79 Å². The highest BCUT2D eigenvalue weighted by Gasteiger charge is 2.54. The van der Waals surface area contributed by atoms with Crippen molar-refractivity contribution in [2.24, 2.45) is 16.5 Å². The Kier molecular flexibility index (Phi) is 4.42. The topological polar surface area (TPSA) is 117 Å². The van der Waals surface area contributed by atoms with Crippen LogP contribution in [0.4, 0.5) is 0 Å². The Balaban J connectivity index is 3.00. The third kappa shape index (κ3) is 3.05. The maximum atomic E-state index is 11.5. The van der Waals surface area contributed by atoms with E-state index in [0.29, 0.717) is 12.8 Å². The Morgan fingerprint density at radius 3 is 2.33 bits per heavy atom. The largest absolute Gasteiger partial charge is 0.419 e. The van der Waals surface area contributed by atoms with Crippen molar-refractivity contribution in [2.45, 2.75) is 44.1 Å². The summed E-state index contributed by atoms with van der Waals surface area (Å²) in [6.07, 6.45) is 3.16. The Labute approximate surface area is 106 Å². The van der Waals surface area contributed by atoms with Gasteiger partial charge in [0, 0.05) is 20.4 Å². The zero-order valence-corrected chi connectivity index (χ0v) is 10.6. The van der Waals surface area contributed by atoms with E-state index in [2.05, 4.69) is 4.99 Å². The molecule has 7 heteroatoms. The number of carbonyl (C=O) groups is 2. The van der Waals surface area contributed by atoms with Gasteiger partial charge >= 0.3 is 11.9 Å². The fourth-order valence-corrected chi connectivity index (χ4v) is 2.04. The van der Waals surface area contributed by atoms with Gasteiger partial charge in [-0.3, -0.25) is 9.79 Å². The molecule has 0 aromatic carbocycles. The fourth-order valence-electron chi connectivity index (χ4n) is 2.04. The monoisotopic (exact) mass is 257 g/mol. The summed E-state index contributed by atoms with van der Waals surface area (Å²) in [6, 6.07) is 0. The van der Waals surface area contributed by atoms with Gasteiger partial charge in [0.1, 0.15) is 11.9 Å². The van der Waals surface area contributed by atoms with E-state index < -0.39 is 23.4 Å². The maximum Gasteiger partial charge on any atom is 0.352 e. The van der Waals surface area contributed by atoms with Gasteiger partial charge in [-0.2, -0.15) is 0 Å². The first-order chi connectivity index (χ1) is 8.33. The highest BCUT2D eigenvalue weighted by Crippen LogP contribution is 2.36. The summed E-state index contributed by atoms with van der Waals surface area (Å²) in [4.78, 5) is 26.2. The molecule has 0 radical (unpaired) electrons. The average molecular weight is 257 g/mol. The number of carbonyl (C=O) groups excluding carboxylic acids is 2. The van der Waals surface area contributed by atoms with Crippen molar-refractivity contribution in [1.82, 2.24) is 0 Å². The molecule has 1 aliphatic rings. The van der Waals surface area contributed by atoms with Gasteiger partial charge in [0.05, 0.1) is 0 Å². The van der Waals surface area contributed by atoms with Crippen molar-refractivity contribution in [2.75, 3.05) is 7.05 Å². The zero-order valence-electron chi connectivity index (χ0n) is 10.6. The summed E-state index contributed by atoms with van der Waals surface area (Å²) in [7, 11) is 1.43. The molecule has 0 saturated heterocycles. The summed E-state index contributed by atoms with van der Waals surface area (Å²) in [5, 5.41) is 0. The summed E-state index contributed by atoms with van der Waals surface area (Å²) >= 11 is 0. The van der Waals surface area contributed by atoms with Gasteiger partial charge in [-0.1, -0.05) is 0 Å². The Morgan fingerprint density at radius 1 is 1.22 bits per heavy atom. The molecule has 0 heterocycles. The number of nitrogens with two attached hydrogens (primary N) is 2. The lowest BCUT2D eigenvalue weighted by molar-refractivity contribution is -0.258. The van der Waals surface area contributed by atoms with E-state index in [0.717, 1.165) is 12.6 Å². The van der Waals surface area contributed by atoms with E-state index in [1.807, 2.05) is 0 Å². The molecule has 0 aliphatic heterocycles. The van der Waals surface area contributed by atoms with Crippen LogP contribution < -0.4 is 11.5 Å². The molecule has 7 nitrogen and oxygen atoms in total. The van der Waals surface area contributed by atoms with Crippen LogP contribution in [0.1, 0.15) is 32.6 Å². The van der Waals surface area contributed by atoms with Crippen LogP contribution >= 0.6 is 0 Å². The number of esters is 2. The van der Waals surface area contributed by atoms with Gasteiger partial charge in [0.15, 0.2) is 0 Å². The molecule has 0 aromatic heterocycles. The number of ether oxygens (including phenoxy) is 2. The van der Waals surface area contributed by atoms with Crippen LogP contribution in [0.2, 0.25) is 0 Å². The fraction of sp³-hybridized carbons (Fsp3) is 0.727. The van der Waals surface area contributed by atoms with E-state index in [1.54, 1.807) is 0 Å². The lowest BCUT2D eigenvalue weighted by Crippen LogP contribution is -2.71. The minimum absolute atomic E-state index is 0.281. The Bertz CT molecular complexity index is 367. The van der Waals surface area contributed by atoms with Crippen molar-refractivity contribution >= 4 is 18.2 Å². The minimum atomic E-state index is -1.62. The van der Waals surface area contributed by atoms with Crippen molar-refractivity contribution in [3.05, 3.63) is 0 Å². The van der Waals surface area contributed by atoms with Crippen molar-refractivity contribution in [3.63, 3.8) is 0 Å². The van der Waals surface area contributed by atoms with E-state index in [-0.39, 0.29) is 6.42 Å². The molecular weight excluding hydrogens is 238 g/mol. The third-order valence-corrected chi connectivity index (χ3v) is 2.86. The second-order valence-electron chi connectivity index (χ2n) is 4.40. The second-order valence-corrected chi connectivity index (χ2v) is 4.40. The molecule has 1 rings (SSSR count). The Hall–Kier alpha value is -1.47. The van der Waals surface area contributed by atoms with E-state index >= 15 is 0 Å². The highest BCUT2D eigenvalue weighted by molar-refractivity contribution is 6.23. The van der Waals surface area contributed by atoms with Gasteiger partial charge in [-0.15, -0.1) is 0 Å². The molecule has 4 N–H and O–H groups in total. The number of hydrogen-bond acceptors (Lipinski definition) is 7. The number of nitrogens with zero attached hydrogens (tertiary/aromatic N) is 1. The lowest BCUT2D eigenvalue weighted by Gasteiger charge is -2.46. The standard InChI is InChI=1S/C11H19N3O4/c1-8(15)17-11(18-9(16)7-14-2)6-4-3-5-10(11,12)13/h7H,3-6,12-13H2,1-2H3. The summed E-state index contributed by atoms with van der Waals surface area (Å²) < 4.78 is 10.3. The molecule has 1 aliphatic carbocycles. The van der Waals surface area contributed by atoms with Gasteiger partial charge in [0.2, 0.25) is 0 Å². The average Bonchev–Trinajstić information content (AvgIpc) is 2.21. The number of aliphatic imine (C=N–C) groups is 1. The summed E-state index contributed by atoms with van der Waals surface area (Å²) in [5.74, 6) is -2.95. The maximum absolute atomic E-state index is 11.5. The predicted molar refractivity (Wildman–Crippen MR) is 64.6 cm³/mol. The van der Waals surface area contributed by atoms with E-state index in [9.17, 15) is 9.59 Å². The first-order valence-electron chi connectivity index (χ1n) is 5.75. The van der Waals surface area contributed by atoms with Gasteiger partial charge in [0.25, 0.3) is 5.79 Å². The summed E-state index contributed by atoms with van der Waals surface area (Å²) in [6.45, 7) is 1.22. The first-order valence-corrected chi connectivity index (χ1v) is 5.75. The highest BCUT2D eigenvalue weighted by atomic mass is 16.7. The zero-order chi connectivity index (χ0) is 13.8. The molecule has 1 unspecified atom stereocenters. The second kappa shape index (κ2) is 5.45. The molecule has 0 bridgehead atoms. The molecule has 18 heavy (non-hydrogen) atoms. The van der Waals surface area contributed by atoms with Crippen LogP contribution in [0.3, 0.4) is 0 Å². The van der Waals surface area contributed by atoms with Crippen molar-refractivity contribution in [1.29, 1.82) is 0 Å². The van der Waals surface area contributed by atoms with E-state index in [4.69, 9.17) is 20.9 Å². The predicted octanol–water partition coefficient (Wildman–Crippen LogP) is -0.323. The third-order valence-electron chi connectivity index (χ3n) is 2.86. The quantitative estimate of drug-likeness (QED) is 0.406. The Morgan fingerprint density at radius 2 is 1.83 bits per heavy atom. The summed E-state index contributed by atoms with van der Waals surface area (Å²) in [5.41, 5.74) is 10.5. The molecule has 0 spiro atoms. The molecular formula is C11H19N3O4. The molecule has 0 amide bonds. The van der Waals surface area contributed by atoms with Gasteiger partial charge < -0.3 is 20.9 Å². The first kappa shape index (κ1) is 14.6. The van der Waals surface area contributed by atoms with Gasteiger partial charge in [-0.05, 0) is 19.3 Å². The molecule has 1 fully saturated rings. The molecule has 0 aromatic rings. The normalized spacial score (nSPS) is 26.9. The van der Waals surface area contributed by atoms with Crippen LogP contribution in [0.15, 0.2) is 4.99 Å². The smallest absolute Gasteiger partial charge is 0.352 e. The number of hydrogen-bond donors (Lipinski definition) is 2. The van der Waals surface area contributed by atoms with Crippen LogP contribution in [0, 0.1) is 0 Å². The van der Waals surface area contributed by atoms with Crippen LogP contribution in [-0.2, 0) is 19.1 Å². The van der Waals surface area contributed by atoms with Crippen molar-refractivity contribution in [3.8, 4) is 0 Å². The van der Waals surface area contributed by atoms with E-state index in [1.165, 1.54) is 14.0 Å². The minimum Gasteiger partial charge on any atom is -0.419 e. The lowest BCUT2D eigenvalue weighted by atomic mass is 9.84. The van der Waals surface area contributed by atoms with Crippen LogP contribution in [0.5, 0.6) is 0 Å². The van der Waals surface area contributed by atoms with Crippen molar-refractivity contribution < 1.29 is 19.1 Å². The molecule has 1 atom stereocenters. The van der Waals surface area contributed by atoms with Crippen LogP contribution in [0.25, 0.3) is 0 Å². The molecule has 102 valence electrons. The van der Waals surface area contributed by atoms with Crippen LogP contribution in [-0.4, -0.2) is 36.7 Å².